The van der Waals surface area contributed by atoms with Crippen LogP contribution in [0.3, 0.4) is 0 Å². The van der Waals surface area contributed by atoms with E-state index in [0.29, 0.717) is 36.4 Å². The Morgan fingerprint density at radius 1 is 1.29 bits per heavy atom. The molecule has 0 radical (unpaired) electrons. The summed E-state index contributed by atoms with van der Waals surface area (Å²) in [5, 5.41) is 14.2. The molecule has 0 saturated carbocycles. The van der Waals surface area contributed by atoms with Crippen molar-refractivity contribution in [1.82, 2.24) is 10.1 Å². The highest BCUT2D eigenvalue weighted by Crippen LogP contribution is 2.36. The molecule has 0 aliphatic heterocycles. The predicted octanol–water partition coefficient (Wildman–Crippen LogP) is 4.59. The van der Waals surface area contributed by atoms with E-state index in [9.17, 15) is 5.11 Å². The van der Waals surface area contributed by atoms with Gasteiger partial charge in [-0.1, -0.05) is 36.0 Å². The van der Waals surface area contributed by atoms with Crippen molar-refractivity contribution >= 4 is 5.57 Å². The first kappa shape index (κ1) is 19.9. The van der Waals surface area contributed by atoms with Crippen molar-refractivity contribution in [2.75, 3.05) is 13.2 Å². The summed E-state index contributed by atoms with van der Waals surface area (Å²) in [6, 6.07) is 5.83. The lowest BCUT2D eigenvalue weighted by molar-refractivity contribution is 0.166. The van der Waals surface area contributed by atoms with Crippen molar-refractivity contribution in [2.24, 2.45) is 0 Å². The number of ether oxygens (including phenoxy) is 2. The summed E-state index contributed by atoms with van der Waals surface area (Å²) in [5.41, 5.74) is 3.75. The van der Waals surface area contributed by atoms with Crippen LogP contribution in [0, 0.1) is 0 Å². The first-order valence-electron chi connectivity index (χ1n) is 9.52. The fraction of sp³-hybridized carbons (Fsp3) is 0.364. The molecule has 1 heterocycles. The maximum atomic E-state index is 10.1. The number of benzene rings is 1. The van der Waals surface area contributed by atoms with E-state index in [0.717, 1.165) is 35.1 Å². The van der Waals surface area contributed by atoms with Gasteiger partial charge in [0.15, 0.2) is 11.5 Å². The van der Waals surface area contributed by atoms with E-state index in [1.807, 2.05) is 45.0 Å². The molecule has 6 heteroatoms. The molecule has 3 rings (SSSR count). The highest BCUT2D eigenvalue weighted by Gasteiger charge is 2.24. The molecule has 0 spiro atoms. The molecule has 1 aromatic carbocycles. The van der Waals surface area contributed by atoms with Gasteiger partial charge in [0.25, 0.3) is 5.89 Å². The Hall–Kier alpha value is -2.86. The minimum Gasteiger partial charge on any atom is -0.491 e. The van der Waals surface area contributed by atoms with Crippen molar-refractivity contribution in [3.63, 3.8) is 0 Å². The average Bonchev–Trinajstić information content (AvgIpc) is 3.32. The largest absolute Gasteiger partial charge is 0.491 e. The summed E-state index contributed by atoms with van der Waals surface area (Å²) in [4.78, 5) is 4.54. The third-order valence-electron chi connectivity index (χ3n) is 4.62. The molecule has 148 valence electrons. The molecule has 28 heavy (non-hydrogen) atoms. The first-order chi connectivity index (χ1) is 13.5. The topological polar surface area (TPSA) is 77.6 Å². The van der Waals surface area contributed by atoms with E-state index < -0.39 is 6.10 Å². The van der Waals surface area contributed by atoms with Gasteiger partial charge in [0.05, 0.1) is 19.3 Å². The van der Waals surface area contributed by atoms with Gasteiger partial charge < -0.3 is 19.1 Å². The number of allylic oxidation sites excluding steroid dienone is 3. The van der Waals surface area contributed by atoms with E-state index in [4.69, 9.17) is 14.0 Å². The molecule has 0 saturated heterocycles. The van der Waals surface area contributed by atoms with Gasteiger partial charge in [0.1, 0.15) is 0 Å². The first-order valence-corrected chi connectivity index (χ1v) is 9.52. The van der Waals surface area contributed by atoms with Crippen LogP contribution in [0.1, 0.15) is 50.3 Å². The van der Waals surface area contributed by atoms with Gasteiger partial charge in [-0.2, -0.15) is 4.98 Å². The van der Waals surface area contributed by atoms with Crippen LogP contribution in [-0.2, 0) is 15.9 Å². The fourth-order valence-corrected chi connectivity index (χ4v) is 3.23. The monoisotopic (exact) mass is 382 g/mol. The summed E-state index contributed by atoms with van der Waals surface area (Å²) in [6.45, 7) is 10.6. The molecule has 0 fully saturated rings. The summed E-state index contributed by atoms with van der Waals surface area (Å²) >= 11 is 0. The number of aliphatic hydroxyl groups excluding tert-OH is 1. The Morgan fingerprint density at radius 2 is 2.07 bits per heavy atom. The van der Waals surface area contributed by atoms with Crippen LogP contribution in [0.4, 0.5) is 0 Å². The van der Waals surface area contributed by atoms with Crippen molar-refractivity contribution in [2.45, 2.75) is 39.7 Å². The van der Waals surface area contributed by atoms with E-state index in [1.165, 1.54) is 0 Å². The normalized spacial score (nSPS) is 16.8. The van der Waals surface area contributed by atoms with Crippen LogP contribution in [0.15, 0.2) is 53.0 Å². The third-order valence-corrected chi connectivity index (χ3v) is 4.62. The van der Waals surface area contributed by atoms with Crippen LogP contribution < -0.4 is 0 Å². The summed E-state index contributed by atoms with van der Waals surface area (Å²) in [6.07, 6.45) is 4.75. The lowest BCUT2D eigenvalue weighted by Crippen LogP contribution is -1.99. The summed E-state index contributed by atoms with van der Waals surface area (Å²) in [5.74, 6) is 2.01. The maximum Gasteiger partial charge on any atom is 0.253 e. The van der Waals surface area contributed by atoms with Gasteiger partial charge >= 0.3 is 0 Å². The predicted molar refractivity (Wildman–Crippen MR) is 107 cm³/mol. The zero-order valence-electron chi connectivity index (χ0n) is 16.6. The quantitative estimate of drug-likeness (QED) is 0.531. The molecule has 2 aromatic rings. The number of aromatic nitrogens is 2. The fourth-order valence-electron chi connectivity index (χ4n) is 3.23. The van der Waals surface area contributed by atoms with Crippen LogP contribution >= 0.6 is 0 Å². The molecule has 1 N–H and O–H groups in total. The van der Waals surface area contributed by atoms with Gasteiger partial charge in [-0.3, -0.25) is 0 Å². The number of fused-ring (bicyclic) bond motifs is 1. The average molecular weight is 382 g/mol. The van der Waals surface area contributed by atoms with Gasteiger partial charge in [0, 0.05) is 11.1 Å². The lowest BCUT2D eigenvalue weighted by Gasteiger charge is -2.11. The van der Waals surface area contributed by atoms with Crippen LogP contribution in [0.2, 0.25) is 0 Å². The molecule has 1 aromatic heterocycles. The van der Waals surface area contributed by atoms with Crippen LogP contribution in [0.5, 0.6) is 0 Å². The molecule has 1 atom stereocenters. The van der Waals surface area contributed by atoms with E-state index in [1.54, 1.807) is 6.08 Å². The van der Waals surface area contributed by atoms with Gasteiger partial charge in [-0.15, -0.1) is 0 Å². The Kier molecular flexibility index (Phi) is 6.31. The Bertz CT molecular complexity index is 911. The second kappa shape index (κ2) is 8.89. The smallest absolute Gasteiger partial charge is 0.253 e. The Balaban J connectivity index is 1.85. The maximum absolute atomic E-state index is 10.1. The molecule has 0 amide bonds. The van der Waals surface area contributed by atoms with Crippen molar-refractivity contribution < 1.29 is 19.1 Å². The van der Waals surface area contributed by atoms with E-state index >= 15 is 0 Å². The molecule has 1 unspecified atom stereocenters. The van der Waals surface area contributed by atoms with Crippen LogP contribution in [-0.4, -0.2) is 28.5 Å². The second-order valence-corrected chi connectivity index (χ2v) is 6.52. The minimum absolute atomic E-state index is 0.413. The second-order valence-electron chi connectivity index (χ2n) is 6.52. The third kappa shape index (κ3) is 4.17. The van der Waals surface area contributed by atoms with E-state index in [-0.39, 0.29) is 0 Å². The summed E-state index contributed by atoms with van der Waals surface area (Å²) in [7, 11) is 0. The zero-order valence-corrected chi connectivity index (χ0v) is 16.6. The number of hydrogen-bond acceptors (Lipinski definition) is 6. The van der Waals surface area contributed by atoms with Gasteiger partial charge in [-0.05, 0) is 50.8 Å². The number of rotatable bonds is 8. The zero-order chi connectivity index (χ0) is 20.1. The molecular formula is C22H26N2O4. The molecular weight excluding hydrogens is 356 g/mol. The highest BCUT2D eigenvalue weighted by molar-refractivity contribution is 5.66. The molecule has 6 nitrogen and oxygen atoms in total. The molecule has 1 aliphatic rings. The molecule has 0 bridgehead atoms. The Labute approximate surface area is 165 Å². The van der Waals surface area contributed by atoms with Crippen LogP contribution in [0.25, 0.3) is 17.0 Å². The molecule has 1 aliphatic carbocycles. The lowest BCUT2D eigenvalue weighted by atomic mass is 10.0. The van der Waals surface area contributed by atoms with Crippen molar-refractivity contribution in [3.8, 4) is 11.4 Å². The number of aliphatic hydroxyl groups is 1. The Morgan fingerprint density at radius 3 is 2.82 bits per heavy atom. The highest BCUT2D eigenvalue weighted by atomic mass is 16.5. The van der Waals surface area contributed by atoms with Gasteiger partial charge in [-0.25, -0.2) is 0 Å². The van der Waals surface area contributed by atoms with E-state index in [2.05, 4.69) is 16.7 Å². The number of hydrogen-bond donors (Lipinski definition) is 1. The van der Waals surface area contributed by atoms with Gasteiger partial charge in [0.2, 0.25) is 5.82 Å². The standard InChI is InChI=1S/C22H26N2O4/c1-5-26-15(4)20(27-6-2)13-10-14(3)22-23-21(24-28-22)18-9-7-8-17-16(18)11-12-19(17)25/h7-10,13,19,25H,4-6,11-12H2,1-3H3/b14-10+,20-13+. The summed E-state index contributed by atoms with van der Waals surface area (Å²) < 4.78 is 16.5. The SMILES string of the molecule is C=C(OCC)/C(=C\C=C(/C)c1nc(-c2cccc3c2CCC3O)no1)OCC. The number of nitrogens with zero attached hydrogens (tertiary/aromatic N) is 2. The van der Waals surface area contributed by atoms with Crippen molar-refractivity contribution in [3.05, 3.63) is 65.5 Å². The van der Waals surface area contributed by atoms with Crippen molar-refractivity contribution in [1.29, 1.82) is 0 Å². The minimum atomic E-state index is -0.413.